The Balaban J connectivity index is 2.07. The Bertz CT molecular complexity index is 514. The average molecular weight is 270 g/mol. The van der Waals surface area contributed by atoms with Crippen LogP contribution in [0.3, 0.4) is 0 Å². The first-order valence-corrected chi connectivity index (χ1v) is 7.12. The first kappa shape index (κ1) is 14.6. The van der Waals surface area contributed by atoms with Crippen LogP contribution in [0.15, 0.2) is 48.5 Å². The minimum atomic E-state index is 0.147. The third-order valence-electron chi connectivity index (χ3n) is 3.49. The van der Waals surface area contributed by atoms with E-state index in [2.05, 4.69) is 43.3 Å². The van der Waals surface area contributed by atoms with E-state index >= 15 is 0 Å². The molecule has 0 radical (unpaired) electrons. The van der Waals surface area contributed by atoms with Crippen LogP contribution in [0.25, 0.3) is 0 Å². The van der Waals surface area contributed by atoms with Crippen LogP contribution < -0.4 is 4.74 Å². The lowest BCUT2D eigenvalue weighted by Gasteiger charge is -2.15. The van der Waals surface area contributed by atoms with Crippen molar-refractivity contribution in [3.05, 3.63) is 65.2 Å². The number of ether oxygens (including phenoxy) is 1. The van der Waals surface area contributed by atoms with Gasteiger partial charge in [-0.15, -0.1) is 0 Å². The van der Waals surface area contributed by atoms with Gasteiger partial charge in [0.15, 0.2) is 0 Å². The molecule has 0 saturated heterocycles. The summed E-state index contributed by atoms with van der Waals surface area (Å²) in [7, 11) is 0. The van der Waals surface area contributed by atoms with Gasteiger partial charge < -0.3 is 9.84 Å². The molecule has 2 aromatic rings. The minimum Gasteiger partial charge on any atom is -0.494 e. The third kappa shape index (κ3) is 3.84. The quantitative estimate of drug-likeness (QED) is 0.867. The second-order valence-electron chi connectivity index (χ2n) is 5.07. The summed E-state index contributed by atoms with van der Waals surface area (Å²) in [6, 6.07) is 16.5. The van der Waals surface area contributed by atoms with Crippen LogP contribution in [0.1, 0.15) is 29.5 Å². The summed E-state index contributed by atoms with van der Waals surface area (Å²) in [6.45, 7) is 4.90. The molecule has 2 nitrogen and oxygen atoms in total. The fourth-order valence-electron chi connectivity index (χ4n) is 2.30. The van der Waals surface area contributed by atoms with Crippen LogP contribution >= 0.6 is 0 Å². The topological polar surface area (TPSA) is 29.5 Å². The highest BCUT2D eigenvalue weighted by atomic mass is 16.5. The first-order valence-electron chi connectivity index (χ1n) is 7.12. The Kier molecular flexibility index (Phi) is 5.19. The number of benzene rings is 2. The van der Waals surface area contributed by atoms with E-state index in [9.17, 15) is 5.11 Å². The molecule has 1 atom stereocenters. The van der Waals surface area contributed by atoms with Crippen molar-refractivity contribution in [1.29, 1.82) is 0 Å². The molecule has 106 valence electrons. The Morgan fingerprint density at radius 3 is 2.20 bits per heavy atom. The predicted molar refractivity (Wildman–Crippen MR) is 82.3 cm³/mol. The van der Waals surface area contributed by atoms with Crippen LogP contribution in [-0.2, 0) is 6.42 Å². The van der Waals surface area contributed by atoms with E-state index < -0.39 is 0 Å². The largest absolute Gasteiger partial charge is 0.494 e. The second kappa shape index (κ2) is 7.11. The van der Waals surface area contributed by atoms with Gasteiger partial charge in [0.1, 0.15) is 5.75 Å². The van der Waals surface area contributed by atoms with Gasteiger partial charge in [0.05, 0.1) is 13.2 Å². The lowest BCUT2D eigenvalue weighted by Crippen LogP contribution is -2.07. The van der Waals surface area contributed by atoms with Gasteiger partial charge in [0.2, 0.25) is 0 Å². The van der Waals surface area contributed by atoms with E-state index in [1.54, 1.807) is 0 Å². The average Bonchev–Trinajstić information content (AvgIpc) is 2.48. The molecular formula is C18H22O2. The van der Waals surface area contributed by atoms with Crippen LogP contribution in [0.2, 0.25) is 0 Å². The minimum absolute atomic E-state index is 0.147. The van der Waals surface area contributed by atoms with E-state index in [1.807, 2.05) is 19.1 Å². The van der Waals surface area contributed by atoms with Gasteiger partial charge in [-0.1, -0.05) is 42.0 Å². The number of aliphatic hydroxyl groups excluding tert-OH is 1. The van der Waals surface area contributed by atoms with Gasteiger partial charge in [0, 0.05) is 5.92 Å². The highest BCUT2D eigenvalue weighted by Gasteiger charge is 2.11. The maximum atomic E-state index is 9.62. The molecule has 0 aromatic heterocycles. The normalized spacial score (nSPS) is 12.2. The highest BCUT2D eigenvalue weighted by Crippen LogP contribution is 2.22. The molecule has 2 heteroatoms. The molecular weight excluding hydrogens is 248 g/mol. The van der Waals surface area contributed by atoms with E-state index in [0.29, 0.717) is 6.61 Å². The zero-order chi connectivity index (χ0) is 14.4. The standard InChI is InChI=1S/C18H22O2/c1-3-20-18-10-6-15(7-11-18)12-17(13-19)16-8-4-14(2)5-9-16/h4-11,17,19H,3,12-13H2,1-2H3. The number of aryl methyl sites for hydroxylation is 1. The van der Waals surface area contributed by atoms with Crippen molar-refractivity contribution in [3.8, 4) is 5.75 Å². The van der Waals surface area contributed by atoms with Crippen LogP contribution in [0, 0.1) is 6.92 Å². The predicted octanol–water partition coefficient (Wildman–Crippen LogP) is 3.71. The molecule has 1 unspecified atom stereocenters. The van der Waals surface area contributed by atoms with Crippen molar-refractivity contribution in [2.75, 3.05) is 13.2 Å². The van der Waals surface area contributed by atoms with E-state index in [1.165, 1.54) is 16.7 Å². The zero-order valence-corrected chi connectivity index (χ0v) is 12.2. The van der Waals surface area contributed by atoms with E-state index in [0.717, 1.165) is 12.2 Å². The van der Waals surface area contributed by atoms with Crippen molar-refractivity contribution in [1.82, 2.24) is 0 Å². The molecule has 0 aliphatic heterocycles. The SMILES string of the molecule is CCOc1ccc(CC(CO)c2ccc(C)cc2)cc1. The Hall–Kier alpha value is -1.80. The fraction of sp³-hybridized carbons (Fsp3) is 0.333. The number of aliphatic hydroxyl groups is 1. The van der Waals surface area contributed by atoms with Gasteiger partial charge in [0.25, 0.3) is 0 Å². The van der Waals surface area contributed by atoms with Crippen molar-refractivity contribution < 1.29 is 9.84 Å². The van der Waals surface area contributed by atoms with Gasteiger partial charge in [-0.2, -0.15) is 0 Å². The highest BCUT2D eigenvalue weighted by molar-refractivity contribution is 5.30. The molecule has 0 fully saturated rings. The van der Waals surface area contributed by atoms with Gasteiger partial charge in [-0.3, -0.25) is 0 Å². The summed E-state index contributed by atoms with van der Waals surface area (Å²) in [4.78, 5) is 0. The second-order valence-corrected chi connectivity index (χ2v) is 5.07. The van der Waals surface area contributed by atoms with Gasteiger partial charge >= 0.3 is 0 Å². The Morgan fingerprint density at radius 1 is 1.00 bits per heavy atom. The van der Waals surface area contributed by atoms with E-state index in [-0.39, 0.29) is 12.5 Å². The molecule has 20 heavy (non-hydrogen) atoms. The summed E-state index contributed by atoms with van der Waals surface area (Å²) in [6.07, 6.45) is 0.839. The molecule has 0 spiro atoms. The van der Waals surface area contributed by atoms with Gasteiger partial charge in [-0.05, 0) is 43.5 Å². The Morgan fingerprint density at radius 2 is 1.65 bits per heavy atom. The maximum Gasteiger partial charge on any atom is 0.119 e. The zero-order valence-electron chi connectivity index (χ0n) is 12.2. The van der Waals surface area contributed by atoms with Crippen molar-refractivity contribution in [3.63, 3.8) is 0 Å². The fourth-order valence-corrected chi connectivity index (χ4v) is 2.30. The van der Waals surface area contributed by atoms with Crippen molar-refractivity contribution in [2.24, 2.45) is 0 Å². The summed E-state index contributed by atoms with van der Waals surface area (Å²) < 4.78 is 5.44. The smallest absolute Gasteiger partial charge is 0.119 e. The molecule has 0 aliphatic carbocycles. The number of hydrogen-bond acceptors (Lipinski definition) is 2. The summed E-state index contributed by atoms with van der Waals surface area (Å²) in [5.41, 5.74) is 3.64. The Labute approximate surface area is 121 Å². The molecule has 0 amide bonds. The summed E-state index contributed by atoms with van der Waals surface area (Å²) >= 11 is 0. The molecule has 0 bridgehead atoms. The van der Waals surface area contributed by atoms with Crippen LogP contribution in [-0.4, -0.2) is 18.3 Å². The molecule has 0 heterocycles. The molecule has 2 aromatic carbocycles. The molecule has 0 aliphatic rings. The molecule has 0 saturated carbocycles. The van der Waals surface area contributed by atoms with Gasteiger partial charge in [-0.25, -0.2) is 0 Å². The molecule has 1 N–H and O–H groups in total. The van der Waals surface area contributed by atoms with Crippen LogP contribution in [0.5, 0.6) is 5.75 Å². The monoisotopic (exact) mass is 270 g/mol. The third-order valence-corrected chi connectivity index (χ3v) is 3.49. The number of rotatable bonds is 6. The van der Waals surface area contributed by atoms with E-state index in [4.69, 9.17) is 4.74 Å². The molecule has 2 rings (SSSR count). The van der Waals surface area contributed by atoms with Crippen molar-refractivity contribution in [2.45, 2.75) is 26.2 Å². The van der Waals surface area contributed by atoms with Crippen molar-refractivity contribution >= 4 is 0 Å². The summed E-state index contributed by atoms with van der Waals surface area (Å²) in [5.74, 6) is 1.04. The first-order chi connectivity index (χ1) is 9.72. The summed E-state index contributed by atoms with van der Waals surface area (Å²) in [5, 5.41) is 9.62. The number of hydrogen-bond donors (Lipinski definition) is 1. The van der Waals surface area contributed by atoms with Crippen LogP contribution in [0.4, 0.5) is 0 Å². The maximum absolute atomic E-state index is 9.62. The lowest BCUT2D eigenvalue weighted by atomic mass is 9.92. The lowest BCUT2D eigenvalue weighted by molar-refractivity contribution is 0.264.